The molecule has 144 valence electrons. The highest BCUT2D eigenvalue weighted by Gasteiger charge is 2.25. The van der Waals surface area contributed by atoms with Crippen LogP contribution in [0.15, 0.2) is 40.3 Å². The van der Waals surface area contributed by atoms with Crippen LogP contribution in [0.4, 0.5) is 0 Å². The van der Waals surface area contributed by atoms with Crippen LogP contribution >= 0.6 is 23.1 Å². The number of hydrogen-bond donors (Lipinski definition) is 0. The molecule has 1 aliphatic carbocycles. The zero-order valence-corrected chi connectivity index (χ0v) is 17.8. The number of thioether (sulfide) groups is 1. The molecule has 0 amide bonds. The van der Waals surface area contributed by atoms with Crippen LogP contribution in [0, 0.1) is 17.2 Å². The van der Waals surface area contributed by atoms with Gasteiger partial charge in [-0.15, -0.1) is 11.3 Å². The zero-order valence-electron chi connectivity index (χ0n) is 16.1. The number of hydrogen-bond acceptors (Lipinski definition) is 5. The van der Waals surface area contributed by atoms with Crippen molar-refractivity contribution in [2.45, 2.75) is 56.5 Å². The number of nitriles is 1. The molecule has 0 aliphatic heterocycles. The number of nitrogens with zero attached hydrogens (tertiary/aromatic N) is 3. The molecule has 0 saturated carbocycles. The van der Waals surface area contributed by atoms with Gasteiger partial charge >= 0.3 is 0 Å². The summed E-state index contributed by atoms with van der Waals surface area (Å²) in [5.74, 6) is 0.660. The minimum atomic E-state index is -0.248. The molecule has 4 rings (SSSR count). The summed E-state index contributed by atoms with van der Waals surface area (Å²) in [6.45, 7) is 4.70. The Kier molecular flexibility index (Phi) is 5.56. The van der Waals surface area contributed by atoms with E-state index in [1.165, 1.54) is 27.8 Å². The Morgan fingerprint density at radius 2 is 2.18 bits per heavy atom. The molecular weight excluding hydrogens is 386 g/mol. The van der Waals surface area contributed by atoms with Crippen LogP contribution in [-0.2, 0) is 25.8 Å². The van der Waals surface area contributed by atoms with Crippen LogP contribution in [0.1, 0.15) is 36.3 Å². The molecule has 0 N–H and O–H groups in total. The lowest BCUT2D eigenvalue weighted by molar-refractivity contribution is 0.508. The fraction of sp³-hybridized carbons (Fsp3) is 0.409. The van der Waals surface area contributed by atoms with Crippen molar-refractivity contribution in [2.75, 3.05) is 0 Å². The Hall–Kier alpha value is -2.10. The molecule has 28 heavy (non-hydrogen) atoms. The van der Waals surface area contributed by atoms with E-state index >= 15 is 0 Å². The Balaban J connectivity index is 1.80. The number of aryl methyl sites for hydroxylation is 2. The quantitative estimate of drug-likeness (QED) is 0.447. The summed E-state index contributed by atoms with van der Waals surface area (Å²) in [5.41, 5.74) is 2.47. The van der Waals surface area contributed by atoms with Gasteiger partial charge in [0.1, 0.15) is 4.83 Å². The molecule has 0 unspecified atom stereocenters. The Bertz CT molecular complexity index is 1090. The van der Waals surface area contributed by atoms with Crippen LogP contribution in [0.25, 0.3) is 10.2 Å². The fourth-order valence-electron chi connectivity index (χ4n) is 3.76. The van der Waals surface area contributed by atoms with Crippen LogP contribution < -0.4 is 5.56 Å². The first-order valence-corrected chi connectivity index (χ1v) is 11.4. The van der Waals surface area contributed by atoms with Gasteiger partial charge in [-0.2, -0.15) is 5.26 Å². The van der Waals surface area contributed by atoms with E-state index in [-0.39, 0.29) is 10.8 Å². The first-order chi connectivity index (χ1) is 13.6. The monoisotopic (exact) mass is 409 g/mol. The summed E-state index contributed by atoms with van der Waals surface area (Å²) < 4.78 is 1.79. The standard InChI is InChI=1S/C22H23N3OS2/c1-14-8-9-17-18(12-14)28-20-19(17)21(26)25(22(24-20)27-15(2)13-23)11-10-16-6-4-3-5-7-16/h3-7,14-15H,8-12H2,1-2H3/t14-,15-/m1/s1. The van der Waals surface area contributed by atoms with Gasteiger partial charge in [0, 0.05) is 11.4 Å². The second-order valence-corrected chi connectivity index (χ2v) is 9.90. The van der Waals surface area contributed by atoms with E-state index in [1.807, 2.05) is 25.1 Å². The van der Waals surface area contributed by atoms with E-state index in [9.17, 15) is 10.1 Å². The van der Waals surface area contributed by atoms with Gasteiger partial charge in [-0.05, 0) is 49.7 Å². The molecule has 3 aromatic rings. The maximum Gasteiger partial charge on any atom is 0.263 e. The second kappa shape index (κ2) is 8.10. The van der Waals surface area contributed by atoms with E-state index in [4.69, 9.17) is 4.98 Å². The van der Waals surface area contributed by atoms with Crippen LogP contribution in [0.3, 0.4) is 0 Å². The van der Waals surface area contributed by atoms with Gasteiger partial charge in [0.2, 0.25) is 0 Å². The predicted molar refractivity (Wildman–Crippen MR) is 116 cm³/mol. The highest BCUT2D eigenvalue weighted by Crippen LogP contribution is 2.36. The third-order valence-electron chi connectivity index (χ3n) is 5.31. The smallest absolute Gasteiger partial charge is 0.263 e. The summed E-state index contributed by atoms with van der Waals surface area (Å²) in [6.07, 6.45) is 3.90. The maximum atomic E-state index is 13.5. The fourth-order valence-corrected chi connectivity index (χ4v) is 6.01. The number of benzene rings is 1. The molecule has 6 heteroatoms. The minimum Gasteiger partial charge on any atom is -0.287 e. The Labute approximate surface area is 173 Å². The van der Waals surface area contributed by atoms with Crippen LogP contribution in [-0.4, -0.2) is 14.8 Å². The molecule has 1 aromatic carbocycles. The van der Waals surface area contributed by atoms with Crippen molar-refractivity contribution in [3.8, 4) is 6.07 Å². The molecule has 0 spiro atoms. The number of fused-ring (bicyclic) bond motifs is 3. The van der Waals surface area contributed by atoms with E-state index in [0.717, 1.165) is 35.9 Å². The van der Waals surface area contributed by atoms with E-state index in [0.29, 0.717) is 17.6 Å². The van der Waals surface area contributed by atoms with Crippen LogP contribution in [0.5, 0.6) is 0 Å². The number of aromatic nitrogens is 2. The highest BCUT2D eigenvalue weighted by atomic mass is 32.2. The van der Waals surface area contributed by atoms with Gasteiger partial charge in [-0.25, -0.2) is 4.98 Å². The summed E-state index contributed by atoms with van der Waals surface area (Å²) in [7, 11) is 0. The van der Waals surface area contributed by atoms with Gasteiger partial charge in [0.15, 0.2) is 5.16 Å². The van der Waals surface area contributed by atoms with E-state index in [1.54, 1.807) is 15.9 Å². The third kappa shape index (κ3) is 3.74. The first kappa shape index (κ1) is 19.2. The number of thiophene rings is 1. The average molecular weight is 410 g/mol. The predicted octanol–water partition coefficient (Wildman–Crippen LogP) is 4.83. The molecule has 1 aliphatic rings. The van der Waals surface area contributed by atoms with Gasteiger partial charge in [-0.3, -0.25) is 9.36 Å². The summed E-state index contributed by atoms with van der Waals surface area (Å²) >= 11 is 3.05. The van der Waals surface area contributed by atoms with E-state index in [2.05, 4.69) is 25.1 Å². The third-order valence-corrected chi connectivity index (χ3v) is 7.44. The first-order valence-electron chi connectivity index (χ1n) is 9.72. The molecule has 0 bridgehead atoms. The van der Waals surface area contributed by atoms with E-state index < -0.39 is 0 Å². The Morgan fingerprint density at radius 1 is 1.39 bits per heavy atom. The molecule has 0 saturated heterocycles. The lowest BCUT2D eigenvalue weighted by Crippen LogP contribution is -2.25. The van der Waals surface area contributed by atoms with Crippen molar-refractivity contribution in [3.63, 3.8) is 0 Å². The molecule has 2 heterocycles. The largest absolute Gasteiger partial charge is 0.287 e. The lowest BCUT2D eigenvalue weighted by Gasteiger charge is -2.18. The summed E-state index contributed by atoms with van der Waals surface area (Å²) in [6, 6.07) is 12.4. The highest BCUT2D eigenvalue weighted by molar-refractivity contribution is 8.00. The normalized spacial score (nSPS) is 17.2. The number of rotatable bonds is 5. The second-order valence-electron chi connectivity index (χ2n) is 7.51. The molecule has 0 radical (unpaired) electrons. The lowest BCUT2D eigenvalue weighted by atomic mass is 9.89. The van der Waals surface area contributed by atoms with Crippen molar-refractivity contribution in [3.05, 3.63) is 56.7 Å². The molecular formula is C22H23N3OS2. The molecule has 0 fully saturated rings. The van der Waals surface area contributed by atoms with Gasteiger partial charge in [0.25, 0.3) is 5.56 Å². The SMILES string of the molecule is C[C@@H]1CCc2c(sc3nc(S[C@H](C)C#N)n(CCc4ccccc4)c(=O)c23)C1. The van der Waals surface area contributed by atoms with Gasteiger partial charge in [-0.1, -0.05) is 49.0 Å². The van der Waals surface area contributed by atoms with Crippen molar-refractivity contribution >= 4 is 33.3 Å². The molecule has 2 aromatic heterocycles. The molecule has 4 nitrogen and oxygen atoms in total. The van der Waals surface area contributed by atoms with Crippen molar-refractivity contribution in [1.29, 1.82) is 5.26 Å². The molecule has 2 atom stereocenters. The summed E-state index contributed by atoms with van der Waals surface area (Å²) in [4.78, 5) is 20.5. The van der Waals surface area contributed by atoms with Crippen LogP contribution in [0.2, 0.25) is 0 Å². The average Bonchev–Trinajstić information content (AvgIpc) is 3.05. The summed E-state index contributed by atoms with van der Waals surface area (Å²) in [5, 5.41) is 10.5. The Morgan fingerprint density at radius 3 is 2.93 bits per heavy atom. The maximum absolute atomic E-state index is 13.5. The minimum absolute atomic E-state index is 0.0561. The van der Waals surface area contributed by atoms with Gasteiger partial charge in [0.05, 0.1) is 16.7 Å². The zero-order chi connectivity index (χ0) is 19.7. The van der Waals surface area contributed by atoms with Gasteiger partial charge < -0.3 is 0 Å². The van der Waals surface area contributed by atoms with Crippen molar-refractivity contribution in [2.24, 2.45) is 5.92 Å². The topological polar surface area (TPSA) is 58.7 Å². The van der Waals surface area contributed by atoms with Crippen molar-refractivity contribution in [1.82, 2.24) is 9.55 Å². The van der Waals surface area contributed by atoms with Crippen molar-refractivity contribution < 1.29 is 0 Å².